The van der Waals surface area contributed by atoms with Gasteiger partial charge in [-0.15, -0.1) is 11.3 Å². The minimum absolute atomic E-state index is 0.0359. The van der Waals surface area contributed by atoms with Crippen molar-refractivity contribution in [1.29, 1.82) is 0 Å². The molecule has 3 aliphatic rings. The summed E-state index contributed by atoms with van der Waals surface area (Å²) < 4.78 is 5.01. The number of nitrogens with one attached hydrogen (secondary N) is 1. The van der Waals surface area contributed by atoms with Crippen LogP contribution in [0.4, 0.5) is 5.13 Å². The Bertz CT molecular complexity index is 1150. The number of hydrogen-bond acceptors (Lipinski definition) is 5. The molecule has 6 rings (SSSR count). The smallest absolute Gasteiger partial charge is 0.357 e. The second-order valence-corrected chi connectivity index (χ2v) is 9.60. The van der Waals surface area contributed by atoms with Crippen LogP contribution in [-0.4, -0.2) is 23.5 Å². The predicted octanol–water partition coefficient (Wildman–Crippen LogP) is 5.12. The lowest BCUT2D eigenvalue weighted by molar-refractivity contribution is -0.127. The molecule has 3 aliphatic carbocycles. The number of anilines is 1. The van der Waals surface area contributed by atoms with E-state index in [-0.39, 0.29) is 29.5 Å². The zero-order valence-corrected chi connectivity index (χ0v) is 18.6. The lowest BCUT2D eigenvalue weighted by Crippen LogP contribution is -2.53. The average Bonchev–Trinajstić information content (AvgIpc) is 3.23. The number of fused-ring (bicyclic) bond motifs is 1. The highest BCUT2D eigenvalue weighted by Crippen LogP contribution is 2.63. The molecule has 1 atom stereocenters. The molecule has 0 saturated heterocycles. The van der Waals surface area contributed by atoms with Gasteiger partial charge in [-0.3, -0.25) is 4.79 Å². The van der Waals surface area contributed by atoms with E-state index >= 15 is 0 Å². The zero-order chi connectivity index (χ0) is 21.8. The van der Waals surface area contributed by atoms with Crippen LogP contribution >= 0.6 is 11.3 Å². The number of benzene rings is 2. The summed E-state index contributed by atoms with van der Waals surface area (Å²) in [4.78, 5) is 29.9. The summed E-state index contributed by atoms with van der Waals surface area (Å²) in [7, 11) is 0. The van der Waals surface area contributed by atoms with Crippen molar-refractivity contribution in [3.05, 3.63) is 81.9 Å². The first-order chi connectivity index (χ1) is 14.9. The van der Waals surface area contributed by atoms with Gasteiger partial charge in [-0.2, -0.15) is 0 Å². The van der Waals surface area contributed by atoms with Crippen LogP contribution < -0.4 is 5.32 Å². The van der Waals surface area contributed by atoms with Crippen LogP contribution in [0.3, 0.4) is 0 Å². The largest absolute Gasteiger partial charge is 0.461 e. The molecule has 1 N–H and O–H groups in total. The number of nitrogens with zero attached hydrogens (tertiary/aromatic N) is 1. The number of amides is 1. The van der Waals surface area contributed by atoms with Gasteiger partial charge in [0.15, 0.2) is 10.8 Å². The van der Waals surface area contributed by atoms with Crippen LogP contribution in [0.2, 0.25) is 0 Å². The number of ether oxygens (including phenoxy) is 1. The van der Waals surface area contributed by atoms with E-state index in [0.717, 1.165) is 0 Å². The molecular weight excluding hydrogens is 408 g/mol. The standard InChI is InChI=1S/C25H24N2O3S/c1-4-30-21(28)19-13-31-23(26-19)27-22(29)25(3)14-24(2)17-11-7-5-9-15(17)20(25)16-10-6-8-12-18(16)24/h5-13,20H,4,14H2,1-3H3,(H,26,27,29). The summed E-state index contributed by atoms with van der Waals surface area (Å²) in [6, 6.07) is 17.0. The minimum atomic E-state index is -0.646. The van der Waals surface area contributed by atoms with E-state index in [2.05, 4.69) is 72.7 Å². The van der Waals surface area contributed by atoms with E-state index in [4.69, 9.17) is 4.74 Å². The average molecular weight is 433 g/mol. The summed E-state index contributed by atoms with van der Waals surface area (Å²) >= 11 is 1.24. The van der Waals surface area contributed by atoms with Gasteiger partial charge in [0, 0.05) is 16.7 Å². The Morgan fingerprint density at radius 1 is 1.10 bits per heavy atom. The van der Waals surface area contributed by atoms with Crippen LogP contribution in [-0.2, 0) is 14.9 Å². The number of rotatable bonds is 4. The van der Waals surface area contributed by atoms with Crippen LogP contribution in [0.25, 0.3) is 0 Å². The van der Waals surface area contributed by atoms with Gasteiger partial charge in [0.2, 0.25) is 5.91 Å². The molecule has 1 amide bonds. The summed E-state index contributed by atoms with van der Waals surface area (Å²) in [6.07, 6.45) is 0.709. The molecule has 2 aromatic carbocycles. The fraction of sp³-hybridized carbons (Fsp3) is 0.320. The predicted molar refractivity (Wildman–Crippen MR) is 121 cm³/mol. The Balaban J connectivity index is 1.53. The van der Waals surface area contributed by atoms with Crippen molar-refractivity contribution < 1.29 is 14.3 Å². The van der Waals surface area contributed by atoms with Crippen molar-refractivity contribution in [2.75, 3.05) is 11.9 Å². The minimum Gasteiger partial charge on any atom is -0.461 e. The van der Waals surface area contributed by atoms with Crippen molar-refractivity contribution in [3.8, 4) is 0 Å². The van der Waals surface area contributed by atoms with Crippen molar-refractivity contribution in [3.63, 3.8) is 0 Å². The monoisotopic (exact) mass is 432 g/mol. The number of aromatic nitrogens is 1. The number of carbonyl (C=O) groups excluding carboxylic acids is 2. The van der Waals surface area contributed by atoms with E-state index in [0.29, 0.717) is 11.6 Å². The molecule has 0 saturated carbocycles. The summed E-state index contributed by atoms with van der Waals surface area (Å²) in [6.45, 7) is 6.34. The first kappa shape index (κ1) is 19.9. The van der Waals surface area contributed by atoms with Crippen LogP contribution in [0.15, 0.2) is 53.9 Å². The Kier molecular flexibility index (Phi) is 4.52. The Labute approximate surface area is 185 Å². The number of esters is 1. The second kappa shape index (κ2) is 7.02. The summed E-state index contributed by atoms with van der Waals surface area (Å²) in [5.41, 5.74) is 4.39. The molecule has 3 aromatic rings. The van der Waals surface area contributed by atoms with Crippen molar-refractivity contribution in [2.45, 2.75) is 38.5 Å². The maximum atomic E-state index is 13.7. The molecule has 1 heterocycles. The zero-order valence-electron chi connectivity index (χ0n) is 17.8. The topological polar surface area (TPSA) is 68.3 Å². The van der Waals surface area contributed by atoms with Crippen LogP contribution in [0.5, 0.6) is 0 Å². The highest BCUT2D eigenvalue weighted by atomic mass is 32.1. The van der Waals surface area contributed by atoms with Crippen LogP contribution in [0, 0.1) is 5.41 Å². The molecular formula is C25H24N2O3S. The first-order valence-corrected chi connectivity index (χ1v) is 11.4. The van der Waals surface area contributed by atoms with Gasteiger partial charge in [-0.25, -0.2) is 9.78 Å². The van der Waals surface area contributed by atoms with Gasteiger partial charge in [-0.05, 0) is 42.5 Å². The van der Waals surface area contributed by atoms with E-state index in [1.54, 1.807) is 12.3 Å². The van der Waals surface area contributed by atoms with E-state index in [9.17, 15) is 9.59 Å². The molecule has 1 aromatic heterocycles. The molecule has 158 valence electrons. The van der Waals surface area contributed by atoms with Crippen molar-refractivity contribution in [1.82, 2.24) is 4.98 Å². The Hall–Kier alpha value is -2.99. The molecule has 0 fully saturated rings. The molecule has 6 heteroatoms. The van der Waals surface area contributed by atoms with Crippen molar-refractivity contribution in [2.24, 2.45) is 5.41 Å². The Morgan fingerprint density at radius 2 is 1.71 bits per heavy atom. The molecule has 0 spiro atoms. The van der Waals surface area contributed by atoms with Gasteiger partial charge in [0.05, 0.1) is 12.0 Å². The lowest BCUT2D eigenvalue weighted by Gasteiger charge is -2.55. The van der Waals surface area contributed by atoms with Crippen molar-refractivity contribution >= 4 is 28.3 Å². The third-order valence-electron chi connectivity index (χ3n) is 6.82. The maximum absolute atomic E-state index is 13.7. The third kappa shape index (κ3) is 2.85. The summed E-state index contributed by atoms with van der Waals surface area (Å²) in [5, 5.41) is 5.03. The molecule has 5 nitrogen and oxygen atoms in total. The molecule has 31 heavy (non-hydrogen) atoms. The molecule has 2 bridgehead atoms. The quantitative estimate of drug-likeness (QED) is 0.581. The normalized spacial score (nSPS) is 25.5. The fourth-order valence-corrected chi connectivity index (χ4v) is 6.28. The highest BCUT2D eigenvalue weighted by molar-refractivity contribution is 7.14. The van der Waals surface area contributed by atoms with E-state index < -0.39 is 11.4 Å². The highest BCUT2D eigenvalue weighted by Gasteiger charge is 2.58. The summed E-state index contributed by atoms with van der Waals surface area (Å²) in [5.74, 6) is -0.582. The molecule has 0 radical (unpaired) electrons. The second-order valence-electron chi connectivity index (χ2n) is 8.75. The Morgan fingerprint density at radius 3 is 2.32 bits per heavy atom. The van der Waals surface area contributed by atoms with Gasteiger partial charge in [-0.1, -0.05) is 55.5 Å². The van der Waals surface area contributed by atoms with Crippen LogP contribution in [0.1, 0.15) is 65.9 Å². The SMILES string of the molecule is CCOC(=O)c1csc(NC(=O)C2(C)CC3(C)c4ccccc4C2c2ccccc23)n1. The van der Waals surface area contributed by atoms with Gasteiger partial charge < -0.3 is 10.1 Å². The molecule has 1 unspecified atom stereocenters. The lowest BCUT2D eigenvalue weighted by atomic mass is 9.47. The molecule has 0 aliphatic heterocycles. The van der Waals surface area contributed by atoms with E-state index in [1.165, 1.54) is 33.6 Å². The number of carbonyl (C=O) groups is 2. The van der Waals surface area contributed by atoms with E-state index in [1.807, 2.05) is 0 Å². The van der Waals surface area contributed by atoms with Gasteiger partial charge in [0.25, 0.3) is 0 Å². The van der Waals surface area contributed by atoms with Gasteiger partial charge >= 0.3 is 5.97 Å². The first-order valence-electron chi connectivity index (χ1n) is 10.5. The van der Waals surface area contributed by atoms with Gasteiger partial charge in [0.1, 0.15) is 0 Å². The maximum Gasteiger partial charge on any atom is 0.357 e. The fourth-order valence-electron chi connectivity index (χ4n) is 5.61. The number of thiazole rings is 1. The third-order valence-corrected chi connectivity index (χ3v) is 7.58. The number of hydrogen-bond donors (Lipinski definition) is 1.